The SMILES string of the molecule is O=C(O)c1ccc(Cn2cnc3ccsc3c2=O)cc1F. The first kappa shape index (κ1) is 13.4. The maximum absolute atomic E-state index is 13.6. The lowest BCUT2D eigenvalue weighted by molar-refractivity contribution is 0.0692. The molecule has 21 heavy (non-hydrogen) atoms. The van der Waals surface area contributed by atoms with Crippen LogP contribution in [0.15, 0.2) is 40.8 Å². The van der Waals surface area contributed by atoms with Crippen molar-refractivity contribution in [3.63, 3.8) is 0 Å². The maximum atomic E-state index is 13.6. The third-order valence-electron chi connectivity index (χ3n) is 3.05. The van der Waals surface area contributed by atoms with E-state index in [0.717, 1.165) is 6.07 Å². The Bertz CT molecular complexity index is 901. The van der Waals surface area contributed by atoms with Gasteiger partial charge >= 0.3 is 5.97 Å². The highest BCUT2D eigenvalue weighted by Crippen LogP contribution is 2.15. The number of hydrogen-bond donors (Lipinski definition) is 1. The molecule has 1 aromatic carbocycles. The smallest absolute Gasteiger partial charge is 0.338 e. The first-order chi connectivity index (χ1) is 10.1. The summed E-state index contributed by atoms with van der Waals surface area (Å²) in [6.07, 6.45) is 1.40. The Hall–Kier alpha value is -2.54. The van der Waals surface area contributed by atoms with Crippen LogP contribution < -0.4 is 5.56 Å². The van der Waals surface area contributed by atoms with Gasteiger partial charge in [0, 0.05) is 0 Å². The van der Waals surface area contributed by atoms with E-state index in [9.17, 15) is 14.0 Å². The van der Waals surface area contributed by atoms with Gasteiger partial charge in [-0.3, -0.25) is 9.36 Å². The second-order valence-corrected chi connectivity index (χ2v) is 5.35. The summed E-state index contributed by atoms with van der Waals surface area (Å²) in [5, 5.41) is 10.6. The number of aromatic carboxylic acids is 1. The number of rotatable bonds is 3. The molecule has 0 aliphatic rings. The Morgan fingerprint density at radius 1 is 1.38 bits per heavy atom. The second kappa shape index (κ2) is 5.10. The van der Waals surface area contributed by atoms with Gasteiger partial charge in [0.05, 0.1) is 24.0 Å². The van der Waals surface area contributed by atoms with Crippen molar-refractivity contribution >= 4 is 27.5 Å². The zero-order valence-electron chi connectivity index (χ0n) is 10.6. The molecule has 0 unspecified atom stereocenters. The highest BCUT2D eigenvalue weighted by molar-refractivity contribution is 7.17. The number of carbonyl (C=O) groups is 1. The Balaban J connectivity index is 1.99. The number of carboxylic acid groups (broad SMARTS) is 1. The van der Waals surface area contributed by atoms with Gasteiger partial charge in [-0.1, -0.05) is 6.07 Å². The number of benzene rings is 1. The van der Waals surface area contributed by atoms with Gasteiger partial charge in [-0.05, 0) is 29.1 Å². The molecule has 2 aromatic heterocycles. The molecular formula is C14H9FN2O3S. The Morgan fingerprint density at radius 2 is 2.19 bits per heavy atom. The number of halogens is 1. The predicted molar refractivity (Wildman–Crippen MR) is 76.3 cm³/mol. The molecule has 0 radical (unpaired) electrons. The van der Waals surface area contributed by atoms with E-state index in [1.807, 2.05) is 0 Å². The van der Waals surface area contributed by atoms with Crippen LogP contribution >= 0.6 is 11.3 Å². The minimum atomic E-state index is -1.32. The molecule has 3 aromatic rings. The van der Waals surface area contributed by atoms with Crippen LogP contribution in [0, 0.1) is 5.82 Å². The number of carboxylic acids is 1. The van der Waals surface area contributed by atoms with Crippen molar-refractivity contribution in [2.75, 3.05) is 0 Å². The van der Waals surface area contributed by atoms with Crippen molar-refractivity contribution in [1.82, 2.24) is 9.55 Å². The van der Waals surface area contributed by atoms with E-state index in [4.69, 9.17) is 5.11 Å². The van der Waals surface area contributed by atoms with Crippen molar-refractivity contribution in [3.8, 4) is 0 Å². The van der Waals surface area contributed by atoms with Crippen molar-refractivity contribution < 1.29 is 14.3 Å². The fraction of sp³-hybridized carbons (Fsp3) is 0.0714. The van der Waals surface area contributed by atoms with Gasteiger partial charge in [-0.25, -0.2) is 14.2 Å². The lowest BCUT2D eigenvalue weighted by Gasteiger charge is -2.06. The largest absolute Gasteiger partial charge is 0.478 e. The standard InChI is InChI=1S/C14H9FN2O3S/c15-10-5-8(1-2-9(10)14(19)20)6-17-7-16-11-3-4-21-12(11)13(17)18/h1-5,7H,6H2,(H,19,20). The molecular weight excluding hydrogens is 295 g/mol. The summed E-state index contributed by atoms with van der Waals surface area (Å²) in [5.41, 5.74) is 0.543. The van der Waals surface area contributed by atoms with E-state index in [1.165, 1.54) is 34.4 Å². The average molecular weight is 304 g/mol. The number of hydrogen-bond acceptors (Lipinski definition) is 4. The number of aromatic nitrogens is 2. The van der Waals surface area contributed by atoms with Gasteiger partial charge < -0.3 is 5.11 Å². The average Bonchev–Trinajstić information content (AvgIpc) is 2.91. The molecule has 0 amide bonds. The van der Waals surface area contributed by atoms with E-state index in [2.05, 4.69) is 4.98 Å². The number of nitrogens with zero attached hydrogens (tertiary/aromatic N) is 2. The first-order valence-corrected chi connectivity index (χ1v) is 6.88. The van der Waals surface area contributed by atoms with Crippen molar-refractivity contribution in [2.45, 2.75) is 6.54 Å². The summed E-state index contributed by atoms with van der Waals surface area (Å²) in [7, 11) is 0. The van der Waals surface area contributed by atoms with Crippen LogP contribution in [-0.4, -0.2) is 20.6 Å². The lowest BCUT2D eigenvalue weighted by atomic mass is 10.1. The lowest BCUT2D eigenvalue weighted by Crippen LogP contribution is -2.20. The van der Waals surface area contributed by atoms with Gasteiger partial charge in [-0.2, -0.15) is 0 Å². The molecule has 0 aliphatic carbocycles. The van der Waals surface area contributed by atoms with Gasteiger partial charge in [-0.15, -0.1) is 11.3 Å². The second-order valence-electron chi connectivity index (χ2n) is 4.43. The molecule has 1 N–H and O–H groups in total. The molecule has 5 nitrogen and oxygen atoms in total. The monoisotopic (exact) mass is 304 g/mol. The summed E-state index contributed by atoms with van der Waals surface area (Å²) in [4.78, 5) is 27.1. The summed E-state index contributed by atoms with van der Waals surface area (Å²) >= 11 is 1.30. The maximum Gasteiger partial charge on any atom is 0.338 e. The molecule has 0 atom stereocenters. The van der Waals surface area contributed by atoms with Crippen LogP contribution in [0.2, 0.25) is 0 Å². The minimum absolute atomic E-state index is 0.135. The Labute approximate surface area is 121 Å². The van der Waals surface area contributed by atoms with E-state index < -0.39 is 17.3 Å². The molecule has 0 saturated heterocycles. The highest BCUT2D eigenvalue weighted by Gasteiger charge is 2.11. The molecule has 2 heterocycles. The van der Waals surface area contributed by atoms with Gasteiger partial charge in [0.15, 0.2) is 0 Å². The molecule has 0 fully saturated rings. The van der Waals surface area contributed by atoms with Crippen molar-refractivity contribution in [1.29, 1.82) is 0 Å². The Kier molecular flexibility index (Phi) is 3.26. The minimum Gasteiger partial charge on any atom is -0.478 e. The summed E-state index contributed by atoms with van der Waals surface area (Å²) < 4.78 is 15.5. The summed E-state index contributed by atoms with van der Waals surface area (Å²) in [5.74, 6) is -2.14. The zero-order chi connectivity index (χ0) is 15.0. The van der Waals surface area contributed by atoms with Crippen LogP contribution in [0.25, 0.3) is 10.2 Å². The molecule has 106 valence electrons. The third-order valence-corrected chi connectivity index (χ3v) is 3.94. The molecule has 0 spiro atoms. The quantitative estimate of drug-likeness (QED) is 0.806. The van der Waals surface area contributed by atoms with Crippen molar-refractivity contribution in [2.24, 2.45) is 0 Å². The highest BCUT2D eigenvalue weighted by atomic mass is 32.1. The molecule has 0 aliphatic heterocycles. The first-order valence-electron chi connectivity index (χ1n) is 6.00. The molecule has 0 bridgehead atoms. The summed E-state index contributed by atoms with van der Waals surface area (Å²) in [6.45, 7) is 0.135. The number of fused-ring (bicyclic) bond motifs is 1. The zero-order valence-corrected chi connectivity index (χ0v) is 11.4. The van der Waals surface area contributed by atoms with Crippen LogP contribution in [0.3, 0.4) is 0 Å². The predicted octanol–water partition coefficient (Wildman–Crippen LogP) is 2.34. The fourth-order valence-corrected chi connectivity index (χ4v) is 2.81. The molecule has 3 rings (SSSR count). The Morgan fingerprint density at radius 3 is 2.90 bits per heavy atom. The van der Waals surface area contributed by atoms with Crippen LogP contribution in [0.1, 0.15) is 15.9 Å². The third kappa shape index (κ3) is 2.43. The van der Waals surface area contributed by atoms with Gasteiger partial charge in [0.1, 0.15) is 10.5 Å². The van der Waals surface area contributed by atoms with E-state index in [-0.39, 0.29) is 12.1 Å². The van der Waals surface area contributed by atoms with Crippen molar-refractivity contribution in [3.05, 3.63) is 63.3 Å². The molecule has 0 saturated carbocycles. The normalized spacial score (nSPS) is 10.9. The van der Waals surface area contributed by atoms with Gasteiger partial charge in [0.25, 0.3) is 5.56 Å². The van der Waals surface area contributed by atoms with Crippen LogP contribution in [-0.2, 0) is 6.54 Å². The van der Waals surface area contributed by atoms with Gasteiger partial charge in [0.2, 0.25) is 0 Å². The van der Waals surface area contributed by atoms with E-state index >= 15 is 0 Å². The topological polar surface area (TPSA) is 72.2 Å². The summed E-state index contributed by atoms with van der Waals surface area (Å²) in [6, 6.07) is 5.55. The number of thiophene rings is 1. The van der Waals surface area contributed by atoms with E-state index in [1.54, 1.807) is 11.4 Å². The van der Waals surface area contributed by atoms with Crippen LogP contribution in [0.5, 0.6) is 0 Å². The van der Waals surface area contributed by atoms with Crippen LogP contribution in [0.4, 0.5) is 4.39 Å². The molecule has 7 heteroatoms. The fourth-order valence-electron chi connectivity index (χ4n) is 2.02. The van der Waals surface area contributed by atoms with E-state index in [0.29, 0.717) is 15.8 Å².